The molecule has 1 aromatic carbocycles. The van der Waals surface area contributed by atoms with Gasteiger partial charge in [0.1, 0.15) is 11.7 Å². The number of hydrogen-bond acceptors (Lipinski definition) is 3. The lowest BCUT2D eigenvalue weighted by Crippen LogP contribution is -2.42. The van der Waals surface area contributed by atoms with E-state index >= 15 is 0 Å². The van der Waals surface area contributed by atoms with Crippen molar-refractivity contribution in [3.05, 3.63) is 35.1 Å². The molecule has 5 nitrogen and oxygen atoms in total. The van der Waals surface area contributed by atoms with Gasteiger partial charge in [-0.25, -0.2) is 4.39 Å². The van der Waals surface area contributed by atoms with E-state index in [1.54, 1.807) is 20.8 Å². The zero-order valence-corrected chi connectivity index (χ0v) is 11.2. The number of oxime groups is 1. The summed E-state index contributed by atoms with van der Waals surface area (Å²) in [6.07, 6.45) is 0. The first kappa shape index (κ1) is 14.9. The first-order chi connectivity index (χ1) is 8.77. The molecule has 0 heterocycles. The fourth-order valence-corrected chi connectivity index (χ4v) is 1.42. The second kappa shape index (κ2) is 5.69. The summed E-state index contributed by atoms with van der Waals surface area (Å²) in [6.45, 7) is 5.26. The Morgan fingerprint density at radius 3 is 2.68 bits per heavy atom. The van der Waals surface area contributed by atoms with Crippen molar-refractivity contribution in [3.63, 3.8) is 0 Å². The minimum absolute atomic E-state index is 0.0306. The second-order valence-electron chi connectivity index (χ2n) is 5.02. The SMILES string of the molecule is Cc1cc(C(=O)NCC(C)(C)/C(N)=N/O)ccc1F. The molecule has 6 heteroatoms. The average Bonchev–Trinajstić information content (AvgIpc) is 2.38. The lowest BCUT2D eigenvalue weighted by molar-refractivity contribution is 0.0944. The third-order valence-electron chi connectivity index (χ3n) is 2.91. The third kappa shape index (κ3) is 3.67. The van der Waals surface area contributed by atoms with Gasteiger partial charge in [-0.3, -0.25) is 4.79 Å². The predicted molar refractivity (Wildman–Crippen MR) is 70.7 cm³/mol. The fourth-order valence-electron chi connectivity index (χ4n) is 1.42. The molecule has 1 amide bonds. The van der Waals surface area contributed by atoms with Crippen LogP contribution in [-0.4, -0.2) is 23.5 Å². The summed E-state index contributed by atoms with van der Waals surface area (Å²) in [5.74, 6) is -0.654. The number of halogens is 1. The van der Waals surface area contributed by atoms with Gasteiger partial charge in [-0.15, -0.1) is 0 Å². The van der Waals surface area contributed by atoms with E-state index in [1.165, 1.54) is 18.2 Å². The van der Waals surface area contributed by atoms with Gasteiger partial charge in [0, 0.05) is 17.5 Å². The van der Waals surface area contributed by atoms with E-state index in [0.29, 0.717) is 11.1 Å². The van der Waals surface area contributed by atoms with Crippen LogP contribution >= 0.6 is 0 Å². The number of rotatable bonds is 4. The van der Waals surface area contributed by atoms with Crippen LogP contribution in [-0.2, 0) is 0 Å². The highest BCUT2D eigenvalue weighted by Crippen LogP contribution is 2.14. The number of hydrogen-bond donors (Lipinski definition) is 3. The average molecular weight is 267 g/mol. The van der Waals surface area contributed by atoms with E-state index in [-0.39, 0.29) is 24.1 Å². The lowest BCUT2D eigenvalue weighted by atomic mass is 9.92. The van der Waals surface area contributed by atoms with Crippen LogP contribution in [0.4, 0.5) is 4.39 Å². The number of amides is 1. The molecule has 1 rings (SSSR count). The van der Waals surface area contributed by atoms with Gasteiger partial charge in [0.2, 0.25) is 0 Å². The zero-order valence-electron chi connectivity index (χ0n) is 11.2. The summed E-state index contributed by atoms with van der Waals surface area (Å²) in [7, 11) is 0. The number of nitrogens with one attached hydrogen (secondary N) is 1. The highest BCUT2D eigenvalue weighted by molar-refractivity contribution is 5.95. The van der Waals surface area contributed by atoms with E-state index in [1.807, 2.05) is 0 Å². The van der Waals surface area contributed by atoms with Crippen LogP contribution in [0.3, 0.4) is 0 Å². The normalized spacial score (nSPS) is 12.3. The number of carbonyl (C=O) groups excluding carboxylic acids is 1. The summed E-state index contributed by atoms with van der Waals surface area (Å²) >= 11 is 0. The van der Waals surface area contributed by atoms with Crippen LogP contribution in [0, 0.1) is 18.2 Å². The molecule has 0 saturated carbocycles. The molecule has 0 fully saturated rings. The standard InChI is InChI=1S/C13H18FN3O2/c1-8-6-9(4-5-10(8)14)11(18)16-7-13(2,3)12(15)17-19/h4-6,19H,7H2,1-3H3,(H2,15,17)(H,16,18). The molecule has 0 saturated heterocycles. The largest absolute Gasteiger partial charge is 0.409 e. The van der Waals surface area contributed by atoms with Gasteiger partial charge in [-0.1, -0.05) is 19.0 Å². The van der Waals surface area contributed by atoms with Crippen LogP contribution in [0.15, 0.2) is 23.4 Å². The lowest BCUT2D eigenvalue weighted by Gasteiger charge is -2.23. The smallest absolute Gasteiger partial charge is 0.251 e. The molecule has 0 aliphatic carbocycles. The molecule has 0 radical (unpaired) electrons. The van der Waals surface area contributed by atoms with Crippen molar-refractivity contribution in [1.29, 1.82) is 0 Å². The van der Waals surface area contributed by atoms with Crippen LogP contribution in [0.25, 0.3) is 0 Å². The maximum atomic E-state index is 13.1. The Hall–Kier alpha value is -2.11. The van der Waals surface area contributed by atoms with E-state index in [0.717, 1.165) is 0 Å². The highest BCUT2D eigenvalue weighted by atomic mass is 19.1. The predicted octanol–water partition coefficient (Wildman–Crippen LogP) is 1.64. The van der Waals surface area contributed by atoms with Gasteiger partial charge >= 0.3 is 0 Å². The van der Waals surface area contributed by atoms with Crippen molar-refractivity contribution in [2.45, 2.75) is 20.8 Å². The van der Waals surface area contributed by atoms with Crippen LogP contribution < -0.4 is 11.1 Å². The zero-order chi connectivity index (χ0) is 14.6. The number of benzene rings is 1. The molecule has 0 aromatic heterocycles. The van der Waals surface area contributed by atoms with Crippen molar-refractivity contribution in [2.24, 2.45) is 16.3 Å². The molecule has 104 valence electrons. The maximum absolute atomic E-state index is 13.1. The van der Waals surface area contributed by atoms with Crippen molar-refractivity contribution in [3.8, 4) is 0 Å². The van der Waals surface area contributed by atoms with Crippen molar-refractivity contribution in [1.82, 2.24) is 5.32 Å². The summed E-state index contributed by atoms with van der Waals surface area (Å²) < 4.78 is 13.1. The minimum Gasteiger partial charge on any atom is -0.409 e. The Labute approximate surface area is 111 Å². The molecule has 0 aliphatic heterocycles. The van der Waals surface area contributed by atoms with Crippen LogP contribution in [0.1, 0.15) is 29.8 Å². The van der Waals surface area contributed by atoms with Gasteiger partial charge in [-0.05, 0) is 30.7 Å². The summed E-state index contributed by atoms with van der Waals surface area (Å²) in [6, 6.07) is 4.13. The first-order valence-electron chi connectivity index (χ1n) is 5.80. The molecular formula is C13H18FN3O2. The van der Waals surface area contributed by atoms with Gasteiger partial charge in [0.05, 0.1) is 0 Å². The number of carbonyl (C=O) groups is 1. The molecule has 1 aromatic rings. The quantitative estimate of drug-likeness (QED) is 0.335. The van der Waals surface area contributed by atoms with E-state index in [2.05, 4.69) is 10.5 Å². The Morgan fingerprint density at radius 1 is 1.53 bits per heavy atom. The second-order valence-corrected chi connectivity index (χ2v) is 5.02. The van der Waals surface area contributed by atoms with Crippen LogP contribution in [0.5, 0.6) is 0 Å². The monoisotopic (exact) mass is 267 g/mol. The van der Waals surface area contributed by atoms with Crippen LogP contribution in [0.2, 0.25) is 0 Å². The first-order valence-corrected chi connectivity index (χ1v) is 5.80. The number of nitrogens with two attached hydrogens (primary N) is 1. The number of amidine groups is 1. The molecule has 0 unspecified atom stereocenters. The topological polar surface area (TPSA) is 87.7 Å². The molecule has 19 heavy (non-hydrogen) atoms. The minimum atomic E-state index is -0.667. The number of nitrogens with zero attached hydrogens (tertiary/aromatic N) is 1. The summed E-state index contributed by atoms with van der Waals surface area (Å²) in [4.78, 5) is 11.9. The van der Waals surface area contributed by atoms with E-state index < -0.39 is 5.41 Å². The Morgan fingerprint density at radius 2 is 2.16 bits per heavy atom. The van der Waals surface area contributed by atoms with E-state index in [9.17, 15) is 9.18 Å². The Kier molecular flexibility index (Phi) is 4.47. The Bertz CT molecular complexity index is 513. The molecule has 0 bridgehead atoms. The maximum Gasteiger partial charge on any atom is 0.251 e. The van der Waals surface area contributed by atoms with Crippen molar-refractivity contribution >= 4 is 11.7 Å². The molecule has 4 N–H and O–H groups in total. The van der Waals surface area contributed by atoms with Gasteiger partial charge in [0.15, 0.2) is 0 Å². The van der Waals surface area contributed by atoms with Gasteiger partial charge in [-0.2, -0.15) is 0 Å². The highest BCUT2D eigenvalue weighted by Gasteiger charge is 2.24. The molecule has 0 spiro atoms. The third-order valence-corrected chi connectivity index (χ3v) is 2.91. The summed E-state index contributed by atoms with van der Waals surface area (Å²) in [5.41, 5.74) is 5.63. The van der Waals surface area contributed by atoms with E-state index in [4.69, 9.17) is 10.9 Å². The molecule has 0 aliphatic rings. The number of aryl methyl sites for hydroxylation is 1. The Balaban J connectivity index is 2.73. The van der Waals surface area contributed by atoms with Gasteiger partial charge < -0.3 is 16.3 Å². The molecular weight excluding hydrogens is 249 g/mol. The van der Waals surface area contributed by atoms with Gasteiger partial charge in [0.25, 0.3) is 5.91 Å². The fraction of sp³-hybridized carbons (Fsp3) is 0.385. The molecule has 0 atom stereocenters. The van der Waals surface area contributed by atoms with Crippen molar-refractivity contribution < 1.29 is 14.4 Å². The van der Waals surface area contributed by atoms with Crippen molar-refractivity contribution in [2.75, 3.05) is 6.54 Å². The summed E-state index contributed by atoms with van der Waals surface area (Å²) in [5, 5.41) is 14.2.